The van der Waals surface area contributed by atoms with Gasteiger partial charge in [0.15, 0.2) is 0 Å². The lowest BCUT2D eigenvalue weighted by molar-refractivity contribution is -0.139. The Morgan fingerprint density at radius 1 is 1.30 bits per heavy atom. The average Bonchev–Trinajstić information content (AvgIpc) is 2.33. The van der Waals surface area contributed by atoms with Gasteiger partial charge in [-0.3, -0.25) is 9.59 Å². The second-order valence-electron chi connectivity index (χ2n) is 5.77. The number of benzene rings is 1. The zero-order valence-corrected chi connectivity index (χ0v) is 11.8. The second-order valence-corrected chi connectivity index (χ2v) is 5.77. The van der Waals surface area contributed by atoms with Crippen molar-refractivity contribution < 1.29 is 14.7 Å². The van der Waals surface area contributed by atoms with Crippen molar-refractivity contribution in [3.63, 3.8) is 0 Å². The molecular weight excluding hydrogens is 254 g/mol. The van der Waals surface area contributed by atoms with Crippen LogP contribution in [0.25, 0.3) is 0 Å². The molecule has 20 heavy (non-hydrogen) atoms. The first-order valence-electron chi connectivity index (χ1n) is 7.08. The van der Waals surface area contributed by atoms with Crippen LogP contribution in [0.3, 0.4) is 0 Å². The Hall–Kier alpha value is -1.84. The Morgan fingerprint density at radius 3 is 2.45 bits per heavy atom. The number of hydrogen-bond donors (Lipinski definition) is 2. The van der Waals surface area contributed by atoms with E-state index in [-0.39, 0.29) is 23.8 Å². The van der Waals surface area contributed by atoms with Crippen molar-refractivity contribution in [2.75, 3.05) is 0 Å². The zero-order chi connectivity index (χ0) is 14.6. The van der Waals surface area contributed by atoms with Crippen LogP contribution in [0.15, 0.2) is 30.3 Å². The SMILES string of the molecule is CC(CC(=O)O)NC(=O)C1(Cc2ccccc2)CCC1. The number of carboxylic acid groups (broad SMARTS) is 1. The molecule has 0 radical (unpaired) electrons. The minimum Gasteiger partial charge on any atom is -0.481 e. The highest BCUT2D eigenvalue weighted by molar-refractivity contribution is 5.84. The van der Waals surface area contributed by atoms with Gasteiger partial charge in [-0.05, 0) is 31.7 Å². The summed E-state index contributed by atoms with van der Waals surface area (Å²) in [5, 5.41) is 11.6. The molecule has 1 atom stereocenters. The Morgan fingerprint density at radius 2 is 1.95 bits per heavy atom. The quantitative estimate of drug-likeness (QED) is 0.837. The first-order chi connectivity index (χ1) is 9.52. The van der Waals surface area contributed by atoms with E-state index in [9.17, 15) is 9.59 Å². The van der Waals surface area contributed by atoms with E-state index in [2.05, 4.69) is 5.32 Å². The van der Waals surface area contributed by atoms with E-state index >= 15 is 0 Å². The summed E-state index contributed by atoms with van der Waals surface area (Å²) in [5.74, 6) is -0.884. The van der Waals surface area contributed by atoms with Crippen molar-refractivity contribution in [3.8, 4) is 0 Å². The highest BCUT2D eigenvalue weighted by atomic mass is 16.4. The predicted molar refractivity (Wildman–Crippen MR) is 76.3 cm³/mol. The van der Waals surface area contributed by atoms with Crippen molar-refractivity contribution in [2.24, 2.45) is 5.41 Å². The van der Waals surface area contributed by atoms with E-state index in [1.54, 1.807) is 6.92 Å². The lowest BCUT2D eigenvalue weighted by Crippen LogP contribution is -2.50. The highest BCUT2D eigenvalue weighted by Crippen LogP contribution is 2.44. The van der Waals surface area contributed by atoms with Crippen LogP contribution in [-0.2, 0) is 16.0 Å². The van der Waals surface area contributed by atoms with Gasteiger partial charge in [-0.15, -0.1) is 0 Å². The van der Waals surface area contributed by atoms with Crippen LogP contribution in [-0.4, -0.2) is 23.0 Å². The summed E-state index contributed by atoms with van der Waals surface area (Å²) in [6, 6.07) is 9.67. The van der Waals surface area contributed by atoms with Gasteiger partial charge in [0, 0.05) is 6.04 Å². The minimum atomic E-state index is -0.886. The number of amides is 1. The number of rotatable bonds is 6. The maximum absolute atomic E-state index is 12.4. The third-order valence-corrected chi connectivity index (χ3v) is 4.04. The molecule has 1 saturated carbocycles. The normalized spacial score (nSPS) is 17.9. The van der Waals surface area contributed by atoms with Crippen LogP contribution < -0.4 is 5.32 Å². The molecule has 0 aliphatic heterocycles. The second kappa shape index (κ2) is 6.07. The molecule has 2 N–H and O–H groups in total. The molecule has 0 aromatic heterocycles. The van der Waals surface area contributed by atoms with Crippen LogP contribution in [0.1, 0.15) is 38.2 Å². The fourth-order valence-electron chi connectivity index (χ4n) is 2.76. The van der Waals surface area contributed by atoms with E-state index in [1.807, 2.05) is 30.3 Å². The Labute approximate surface area is 119 Å². The van der Waals surface area contributed by atoms with E-state index in [1.165, 1.54) is 0 Å². The topological polar surface area (TPSA) is 66.4 Å². The maximum Gasteiger partial charge on any atom is 0.305 e. The fraction of sp³-hybridized carbons (Fsp3) is 0.500. The van der Waals surface area contributed by atoms with Crippen LogP contribution >= 0.6 is 0 Å². The molecular formula is C16H21NO3. The predicted octanol–water partition coefficient (Wildman–Crippen LogP) is 2.38. The van der Waals surface area contributed by atoms with E-state index < -0.39 is 5.97 Å². The Kier molecular flexibility index (Phi) is 4.42. The highest BCUT2D eigenvalue weighted by Gasteiger charge is 2.44. The molecule has 0 bridgehead atoms. The van der Waals surface area contributed by atoms with Gasteiger partial charge in [0.05, 0.1) is 11.8 Å². The summed E-state index contributed by atoms with van der Waals surface area (Å²) in [7, 11) is 0. The molecule has 2 rings (SSSR count). The number of carboxylic acids is 1. The van der Waals surface area contributed by atoms with E-state index in [0.29, 0.717) is 0 Å². The molecule has 0 spiro atoms. The third-order valence-electron chi connectivity index (χ3n) is 4.04. The van der Waals surface area contributed by atoms with Gasteiger partial charge in [-0.25, -0.2) is 0 Å². The summed E-state index contributed by atoms with van der Waals surface area (Å²) in [5.41, 5.74) is 0.821. The first kappa shape index (κ1) is 14.6. The smallest absolute Gasteiger partial charge is 0.305 e. The maximum atomic E-state index is 12.4. The van der Waals surface area contributed by atoms with Gasteiger partial charge >= 0.3 is 5.97 Å². The van der Waals surface area contributed by atoms with E-state index in [0.717, 1.165) is 31.2 Å². The van der Waals surface area contributed by atoms with Crippen LogP contribution in [0.5, 0.6) is 0 Å². The summed E-state index contributed by atoms with van der Waals surface area (Å²) in [4.78, 5) is 23.1. The van der Waals surface area contributed by atoms with E-state index in [4.69, 9.17) is 5.11 Å². The van der Waals surface area contributed by atoms with Gasteiger partial charge in [-0.1, -0.05) is 36.8 Å². The molecule has 1 amide bonds. The van der Waals surface area contributed by atoms with Crippen molar-refractivity contribution in [1.29, 1.82) is 0 Å². The van der Waals surface area contributed by atoms with Gasteiger partial charge < -0.3 is 10.4 Å². The number of nitrogens with one attached hydrogen (secondary N) is 1. The molecule has 4 nitrogen and oxygen atoms in total. The summed E-state index contributed by atoms with van der Waals surface area (Å²) < 4.78 is 0. The molecule has 4 heteroatoms. The van der Waals surface area contributed by atoms with Gasteiger partial charge in [-0.2, -0.15) is 0 Å². The van der Waals surface area contributed by atoms with Crippen molar-refractivity contribution >= 4 is 11.9 Å². The van der Waals surface area contributed by atoms with Gasteiger partial charge in [0.2, 0.25) is 5.91 Å². The van der Waals surface area contributed by atoms with Crippen LogP contribution in [0, 0.1) is 5.41 Å². The van der Waals surface area contributed by atoms with Crippen LogP contribution in [0.4, 0.5) is 0 Å². The molecule has 1 aliphatic carbocycles. The molecule has 1 unspecified atom stereocenters. The van der Waals surface area contributed by atoms with Gasteiger partial charge in [0.1, 0.15) is 0 Å². The number of carbonyl (C=O) groups is 2. The molecule has 1 fully saturated rings. The molecule has 1 aromatic carbocycles. The largest absolute Gasteiger partial charge is 0.481 e. The number of carbonyl (C=O) groups excluding carboxylic acids is 1. The molecule has 1 aliphatic rings. The average molecular weight is 275 g/mol. The standard InChI is InChI=1S/C16H21NO3/c1-12(10-14(18)19)17-15(20)16(8-5-9-16)11-13-6-3-2-4-7-13/h2-4,6-7,12H,5,8-11H2,1H3,(H,17,20)(H,18,19). The van der Waals surface area contributed by atoms with Crippen molar-refractivity contribution in [2.45, 2.75) is 45.1 Å². The lowest BCUT2D eigenvalue weighted by atomic mass is 9.64. The number of aliphatic carboxylic acids is 1. The number of hydrogen-bond acceptors (Lipinski definition) is 2. The van der Waals surface area contributed by atoms with Crippen molar-refractivity contribution in [1.82, 2.24) is 5.32 Å². The summed E-state index contributed by atoms with van der Waals surface area (Å²) in [6.07, 6.45) is 3.53. The zero-order valence-electron chi connectivity index (χ0n) is 11.8. The Bertz CT molecular complexity index is 480. The summed E-state index contributed by atoms with van der Waals surface area (Å²) in [6.45, 7) is 1.74. The lowest BCUT2D eigenvalue weighted by Gasteiger charge is -2.41. The molecule has 1 aromatic rings. The Balaban J connectivity index is 2.00. The minimum absolute atomic E-state index is 0.00125. The molecule has 0 saturated heterocycles. The fourth-order valence-corrected chi connectivity index (χ4v) is 2.76. The molecule has 108 valence electrons. The third kappa shape index (κ3) is 3.38. The van der Waals surface area contributed by atoms with Gasteiger partial charge in [0.25, 0.3) is 0 Å². The molecule has 0 heterocycles. The summed E-state index contributed by atoms with van der Waals surface area (Å²) >= 11 is 0. The van der Waals surface area contributed by atoms with Crippen molar-refractivity contribution in [3.05, 3.63) is 35.9 Å². The first-order valence-corrected chi connectivity index (χ1v) is 7.08. The van der Waals surface area contributed by atoms with Crippen LogP contribution in [0.2, 0.25) is 0 Å². The monoisotopic (exact) mass is 275 g/mol.